The van der Waals surface area contributed by atoms with Gasteiger partial charge in [0.1, 0.15) is 35.3 Å². The number of aromatic nitrogens is 3. The van der Waals surface area contributed by atoms with Crippen molar-refractivity contribution in [2.45, 2.75) is 50.7 Å². The topological polar surface area (TPSA) is 108 Å². The van der Waals surface area contributed by atoms with Gasteiger partial charge in [-0.2, -0.15) is 18.4 Å². The van der Waals surface area contributed by atoms with E-state index < -0.39 is 12.6 Å². The molecule has 2 aliphatic rings. The van der Waals surface area contributed by atoms with Crippen molar-refractivity contribution in [3.05, 3.63) is 64.9 Å². The Morgan fingerprint density at radius 1 is 1.21 bits per heavy atom. The second-order valence-electron chi connectivity index (χ2n) is 10.9. The summed E-state index contributed by atoms with van der Waals surface area (Å²) in [6, 6.07) is 12.2. The molecule has 0 bridgehead atoms. The van der Waals surface area contributed by atoms with Crippen molar-refractivity contribution >= 4 is 44.2 Å². The quantitative estimate of drug-likeness (QED) is 0.277. The van der Waals surface area contributed by atoms with Crippen molar-refractivity contribution in [2.24, 2.45) is 0 Å². The lowest BCUT2D eigenvalue weighted by Gasteiger charge is -2.32. The number of nitriles is 1. The molecule has 1 unspecified atom stereocenters. The lowest BCUT2D eigenvalue weighted by Crippen LogP contribution is -2.42. The number of rotatable bonds is 8. The summed E-state index contributed by atoms with van der Waals surface area (Å²) in [5, 5.41) is 17.6. The number of anilines is 1. The maximum absolute atomic E-state index is 12.9. The number of likely N-dealkylation sites (tertiary alicyclic amines) is 1. The summed E-state index contributed by atoms with van der Waals surface area (Å²) in [5.74, 6) is 0.472. The monoisotopic (exact) mass is 609 g/mol. The summed E-state index contributed by atoms with van der Waals surface area (Å²) in [6.07, 6.45) is 1.63. The van der Waals surface area contributed by atoms with Crippen LogP contribution in [0.3, 0.4) is 0 Å². The first-order valence-corrected chi connectivity index (χ1v) is 14.9. The zero-order valence-corrected chi connectivity index (χ0v) is 24.0. The van der Waals surface area contributed by atoms with Crippen molar-refractivity contribution in [3.8, 4) is 6.07 Å². The lowest BCUT2D eigenvalue weighted by atomic mass is 10.0. The fourth-order valence-electron chi connectivity index (χ4n) is 5.65. The molecule has 1 amide bonds. The Labute approximate surface area is 250 Å². The van der Waals surface area contributed by atoms with Gasteiger partial charge < -0.3 is 19.9 Å². The number of nitrogens with zero attached hydrogens (tertiary/aromatic N) is 5. The molecule has 6 rings (SSSR count). The number of benzene rings is 1. The summed E-state index contributed by atoms with van der Waals surface area (Å²) in [7, 11) is 0. The molecule has 2 saturated heterocycles. The van der Waals surface area contributed by atoms with E-state index in [-0.39, 0.29) is 29.5 Å². The first-order chi connectivity index (χ1) is 20.7. The van der Waals surface area contributed by atoms with Crippen LogP contribution in [0.2, 0.25) is 0 Å². The molecule has 0 saturated carbocycles. The van der Waals surface area contributed by atoms with E-state index in [2.05, 4.69) is 49.8 Å². The number of nitrogens with one attached hydrogen (secondary N) is 2. The van der Waals surface area contributed by atoms with Gasteiger partial charge in [0.05, 0.1) is 17.9 Å². The van der Waals surface area contributed by atoms with Crippen LogP contribution in [0.4, 0.5) is 19.0 Å². The number of allylic oxidation sites excluding steroid dienone is 1. The number of thiophene rings is 1. The largest absolute Gasteiger partial charge is 0.393 e. The Kier molecular flexibility index (Phi) is 8.34. The predicted octanol–water partition coefficient (Wildman–Crippen LogP) is 4.77. The Morgan fingerprint density at radius 3 is 2.79 bits per heavy atom. The van der Waals surface area contributed by atoms with Gasteiger partial charge in [-0.25, -0.2) is 9.97 Å². The summed E-state index contributed by atoms with van der Waals surface area (Å²) in [6.45, 7) is 3.53. The molecule has 13 heteroatoms. The van der Waals surface area contributed by atoms with E-state index >= 15 is 0 Å². The Bertz CT molecular complexity index is 1690. The number of carbonyl (C=O) groups is 1. The van der Waals surface area contributed by atoms with E-state index in [9.17, 15) is 23.2 Å². The zero-order chi connectivity index (χ0) is 30.0. The van der Waals surface area contributed by atoms with Crippen LogP contribution in [-0.2, 0) is 29.0 Å². The molecular formula is C30H30F3N7O2S. The maximum atomic E-state index is 12.9. The third kappa shape index (κ3) is 6.98. The van der Waals surface area contributed by atoms with E-state index in [0.29, 0.717) is 34.8 Å². The van der Waals surface area contributed by atoms with Gasteiger partial charge in [0.25, 0.3) is 0 Å². The van der Waals surface area contributed by atoms with Crippen LogP contribution in [0.1, 0.15) is 29.0 Å². The number of halogens is 3. The third-order valence-electron chi connectivity index (χ3n) is 7.74. The molecule has 0 spiro atoms. The van der Waals surface area contributed by atoms with Gasteiger partial charge in [0, 0.05) is 54.5 Å². The Balaban J connectivity index is 1.05. The van der Waals surface area contributed by atoms with E-state index in [1.54, 1.807) is 6.07 Å². The number of carbonyl (C=O) groups excluding carboxylic acids is 1. The average molecular weight is 610 g/mol. The summed E-state index contributed by atoms with van der Waals surface area (Å²) < 4.78 is 46.1. The summed E-state index contributed by atoms with van der Waals surface area (Å²) in [4.78, 5) is 22.9. The number of morpholine rings is 1. The Hall–Kier alpha value is -3.99. The van der Waals surface area contributed by atoms with Gasteiger partial charge in [-0.3, -0.25) is 9.69 Å². The Morgan fingerprint density at radius 2 is 2.05 bits per heavy atom. The number of hydrogen-bond donors (Lipinski definition) is 2. The number of fused-ring (bicyclic) bond motifs is 2. The summed E-state index contributed by atoms with van der Waals surface area (Å²) >= 11 is 1.06. The highest BCUT2D eigenvalue weighted by Gasteiger charge is 2.29. The van der Waals surface area contributed by atoms with Crippen molar-refractivity contribution < 1.29 is 22.7 Å². The van der Waals surface area contributed by atoms with Crippen LogP contribution in [-0.4, -0.2) is 69.9 Å². The second kappa shape index (κ2) is 12.3. The summed E-state index contributed by atoms with van der Waals surface area (Å²) in [5.41, 5.74) is 2.72. The van der Waals surface area contributed by atoms with E-state index in [1.807, 2.05) is 22.8 Å². The average Bonchev–Trinajstić information content (AvgIpc) is 3.55. The standard InChI is InChI=1S/C30H30F3N7O2S/c31-30(32,33)13-24-12-25-28(36-18-37-29(25)43-24)38-21-5-8-39(9-6-21)16-19-3-4-26-20(10-19)11-22(14-34)40(26)7-1-2-23-15-35-27(41)17-42-23/h1-4,10-12,18,21,23H,5-9,13,15-17H2,(H,35,41)(H,36,37,38)/b2-1+. The number of hydrogen-bond acceptors (Lipinski definition) is 8. The molecule has 2 N–H and O–H groups in total. The minimum atomic E-state index is -4.26. The van der Waals surface area contributed by atoms with Crippen LogP contribution in [0, 0.1) is 11.3 Å². The van der Waals surface area contributed by atoms with Gasteiger partial charge in [0.15, 0.2) is 0 Å². The first-order valence-electron chi connectivity index (χ1n) is 14.1. The molecule has 9 nitrogen and oxygen atoms in total. The van der Waals surface area contributed by atoms with Gasteiger partial charge in [-0.05, 0) is 42.7 Å². The zero-order valence-electron chi connectivity index (χ0n) is 23.2. The normalized spacial score (nSPS) is 18.8. The maximum Gasteiger partial charge on any atom is 0.393 e. The second-order valence-corrected chi connectivity index (χ2v) is 12.0. The molecule has 224 valence electrons. The number of piperidine rings is 1. The third-order valence-corrected chi connectivity index (χ3v) is 8.78. The molecule has 3 aromatic heterocycles. The van der Waals surface area contributed by atoms with Crippen LogP contribution >= 0.6 is 11.3 Å². The predicted molar refractivity (Wildman–Crippen MR) is 158 cm³/mol. The smallest absolute Gasteiger partial charge is 0.367 e. The van der Waals surface area contributed by atoms with Crippen molar-refractivity contribution in [1.82, 2.24) is 24.8 Å². The van der Waals surface area contributed by atoms with Gasteiger partial charge in [0.2, 0.25) is 5.91 Å². The molecule has 1 atom stereocenters. The fourth-order valence-corrected chi connectivity index (χ4v) is 6.68. The molecule has 4 aromatic rings. The van der Waals surface area contributed by atoms with Crippen LogP contribution in [0.5, 0.6) is 0 Å². The van der Waals surface area contributed by atoms with Gasteiger partial charge in [-0.1, -0.05) is 18.2 Å². The van der Waals surface area contributed by atoms with Crippen LogP contribution < -0.4 is 10.6 Å². The minimum absolute atomic E-state index is 0.0531. The first kappa shape index (κ1) is 29.1. The molecular weight excluding hydrogens is 579 g/mol. The SMILES string of the molecule is N#Cc1cc2cc(CN3CCC(Nc4ncnc5sc(CC(F)(F)F)cc45)CC3)ccc2n1C/C=C/C1CNC(=O)CO1. The highest BCUT2D eigenvalue weighted by Crippen LogP contribution is 2.33. The molecule has 5 heterocycles. The van der Waals surface area contributed by atoms with Crippen molar-refractivity contribution in [1.29, 1.82) is 5.26 Å². The minimum Gasteiger partial charge on any atom is -0.367 e. The van der Waals surface area contributed by atoms with Gasteiger partial charge >= 0.3 is 6.18 Å². The fraction of sp³-hybridized carbons (Fsp3) is 0.400. The van der Waals surface area contributed by atoms with E-state index in [0.717, 1.165) is 60.3 Å². The molecule has 2 aliphatic heterocycles. The molecule has 0 radical (unpaired) electrons. The van der Waals surface area contributed by atoms with Crippen molar-refractivity contribution in [3.63, 3.8) is 0 Å². The molecule has 2 fully saturated rings. The van der Waals surface area contributed by atoms with Crippen molar-refractivity contribution in [2.75, 3.05) is 31.6 Å². The van der Waals surface area contributed by atoms with Crippen LogP contribution in [0.25, 0.3) is 21.1 Å². The van der Waals surface area contributed by atoms with Gasteiger partial charge in [-0.15, -0.1) is 11.3 Å². The molecule has 1 aromatic carbocycles. The molecule has 0 aliphatic carbocycles. The lowest BCUT2D eigenvalue weighted by molar-refractivity contribution is -0.131. The highest BCUT2D eigenvalue weighted by atomic mass is 32.1. The highest BCUT2D eigenvalue weighted by molar-refractivity contribution is 7.18. The molecule has 43 heavy (non-hydrogen) atoms. The number of amides is 1. The number of alkyl halides is 3. The number of ether oxygens (including phenoxy) is 1. The van der Waals surface area contributed by atoms with Crippen LogP contribution in [0.15, 0.2) is 48.8 Å². The van der Waals surface area contributed by atoms with E-state index in [4.69, 9.17) is 4.74 Å². The van der Waals surface area contributed by atoms with E-state index in [1.165, 1.54) is 6.33 Å².